The van der Waals surface area contributed by atoms with Crippen molar-refractivity contribution < 1.29 is 0 Å². The topological polar surface area (TPSA) is 43.8 Å². The molecule has 1 unspecified atom stereocenters. The van der Waals surface area contributed by atoms with Gasteiger partial charge >= 0.3 is 0 Å². The van der Waals surface area contributed by atoms with Crippen molar-refractivity contribution in [2.24, 2.45) is 0 Å². The molecule has 0 aliphatic carbocycles. The zero-order valence-corrected chi connectivity index (χ0v) is 13.1. The van der Waals surface area contributed by atoms with E-state index in [0.717, 1.165) is 15.5 Å². The van der Waals surface area contributed by atoms with Gasteiger partial charge in [0, 0.05) is 4.47 Å². The van der Waals surface area contributed by atoms with Gasteiger partial charge in [0.05, 0.1) is 17.1 Å². The monoisotopic (exact) mass is 329 g/mol. The number of aromatic nitrogens is 2. The average molecular weight is 330 g/mol. The van der Waals surface area contributed by atoms with Crippen molar-refractivity contribution in [1.82, 2.24) is 9.55 Å². The standard InChI is InChI=1S/C16H16BrN3/c1-10-5-3-4-6-13(10)11(2)20-15-9-12(17)7-8-14(15)19-16(20)18/h3-9,11H,1-2H3,(H2,18,19). The number of aryl methyl sites for hydroxylation is 1. The van der Waals surface area contributed by atoms with Crippen LogP contribution in [-0.2, 0) is 0 Å². The first-order valence-electron chi connectivity index (χ1n) is 6.56. The second kappa shape index (κ2) is 4.94. The van der Waals surface area contributed by atoms with Gasteiger partial charge in [-0.3, -0.25) is 0 Å². The van der Waals surface area contributed by atoms with Gasteiger partial charge in [-0.15, -0.1) is 0 Å². The van der Waals surface area contributed by atoms with Crippen molar-refractivity contribution in [2.75, 3.05) is 5.73 Å². The molecule has 0 aliphatic rings. The van der Waals surface area contributed by atoms with Crippen LogP contribution in [0.15, 0.2) is 46.9 Å². The van der Waals surface area contributed by atoms with Crippen LogP contribution in [0.3, 0.4) is 0 Å². The van der Waals surface area contributed by atoms with E-state index in [2.05, 4.69) is 69.7 Å². The van der Waals surface area contributed by atoms with Crippen LogP contribution >= 0.6 is 15.9 Å². The number of benzene rings is 2. The Morgan fingerprint density at radius 1 is 1.20 bits per heavy atom. The molecule has 0 spiro atoms. The molecule has 3 rings (SSSR count). The van der Waals surface area contributed by atoms with E-state index in [0.29, 0.717) is 5.95 Å². The third-order valence-corrected chi connectivity index (χ3v) is 4.20. The van der Waals surface area contributed by atoms with E-state index >= 15 is 0 Å². The number of fused-ring (bicyclic) bond motifs is 1. The quantitative estimate of drug-likeness (QED) is 0.761. The lowest BCUT2D eigenvalue weighted by Gasteiger charge is -2.18. The summed E-state index contributed by atoms with van der Waals surface area (Å²) in [6, 6.07) is 14.6. The summed E-state index contributed by atoms with van der Waals surface area (Å²) in [6.07, 6.45) is 0. The summed E-state index contributed by atoms with van der Waals surface area (Å²) in [4.78, 5) is 4.45. The minimum Gasteiger partial charge on any atom is -0.369 e. The smallest absolute Gasteiger partial charge is 0.201 e. The molecular formula is C16H16BrN3. The number of nitrogens with two attached hydrogens (primary N) is 1. The van der Waals surface area contributed by atoms with E-state index in [9.17, 15) is 0 Å². The summed E-state index contributed by atoms with van der Waals surface area (Å²) in [5.41, 5.74) is 10.6. The molecule has 4 heteroatoms. The van der Waals surface area contributed by atoms with Crippen LogP contribution in [0.2, 0.25) is 0 Å². The Kier molecular flexibility index (Phi) is 3.26. The number of halogens is 1. The number of imidazole rings is 1. The molecular weight excluding hydrogens is 314 g/mol. The fourth-order valence-electron chi connectivity index (χ4n) is 2.69. The molecule has 1 heterocycles. The van der Waals surface area contributed by atoms with Crippen LogP contribution in [0.5, 0.6) is 0 Å². The number of anilines is 1. The Labute approximate surface area is 126 Å². The van der Waals surface area contributed by atoms with Gasteiger partial charge in [-0.05, 0) is 43.2 Å². The van der Waals surface area contributed by atoms with Crippen LogP contribution in [0.25, 0.3) is 11.0 Å². The second-order valence-electron chi connectivity index (χ2n) is 5.01. The summed E-state index contributed by atoms with van der Waals surface area (Å²) in [5, 5.41) is 0. The fourth-order valence-corrected chi connectivity index (χ4v) is 3.04. The molecule has 0 aliphatic heterocycles. The van der Waals surface area contributed by atoms with Gasteiger partial charge in [-0.25, -0.2) is 4.98 Å². The van der Waals surface area contributed by atoms with Crippen molar-refractivity contribution >= 4 is 32.9 Å². The first kappa shape index (κ1) is 13.2. The third kappa shape index (κ3) is 2.10. The molecule has 0 radical (unpaired) electrons. The van der Waals surface area contributed by atoms with Crippen molar-refractivity contribution in [3.8, 4) is 0 Å². The molecule has 20 heavy (non-hydrogen) atoms. The molecule has 1 aromatic heterocycles. The van der Waals surface area contributed by atoms with E-state index in [-0.39, 0.29) is 6.04 Å². The Balaban J connectivity index is 2.21. The van der Waals surface area contributed by atoms with E-state index in [1.165, 1.54) is 11.1 Å². The molecule has 0 saturated heterocycles. The maximum Gasteiger partial charge on any atom is 0.201 e. The van der Waals surface area contributed by atoms with Crippen LogP contribution in [0.1, 0.15) is 24.1 Å². The Morgan fingerprint density at radius 2 is 1.95 bits per heavy atom. The lowest BCUT2D eigenvalue weighted by atomic mass is 10.0. The number of hydrogen-bond donors (Lipinski definition) is 1. The Morgan fingerprint density at radius 3 is 2.70 bits per heavy atom. The predicted molar refractivity (Wildman–Crippen MR) is 86.8 cm³/mol. The van der Waals surface area contributed by atoms with Crippen molar-refractivity contribution in [3.05, 3.63) is 58.1 Å². The molecule has 102 valence electrons. The summed E-state index contributed by atoms with van der Waals surface area (Å²) < 4.78 is 3.12. The van der Waals surface area contributed by atoms with Crippen molar-refractivity contribution in [3.63, 3.8) is 0 Å². The van der Waals surface area contributed by atoms with Crippen molar-refractivity contribution in [1.29, 1.82) is 0 Å². The number of rotatable bonds is 2. The zero-order chi connectivity index (χ0) is 14.3. The van der Waals surface area contributed by atoms with Gasteiger partial charge in [-0.1, -0.05) is 40.2 Å². The van der Waals surface area contributed by atoms with E-state index < -0.39 is 0 Å². The summed E-state index contributed by atoms with van der Waals surface area (Å²) in [5.74, 6) is 0.550. The van der Waals surface area contributed by atoms with Gasteiger partial charge in [0.1, 0.15) is 0 Å². The van der Waals surface area contributed by atoms with Gasteiger partial charge < -0.3 is 10.3 Å². The highest BCUT2D eigenvalue weighted by molar-refractivity contribution is 9.10. The lowest BCUT2D eigenvalue weighted by Crippen LogP contribution is -2.11. The first-order chi connectivity index (χ1) is 9.58. The minimum atomic E-state index is 0.149. The van der Waals surface area contributed by atoms with E-state index in [1.807, 2.05) is 12.1 Å². The maximum absolute atomic E-state index is 6.13. The third-order valence-electron chi connectivity index (χ3n) is 3.70. The van der Waals surface area contributed by atoms with Gasteiger partial charge in [0.2, 0.25) is 5.95 Å². The second-order valence-corrected chi connectivity index (χ2v) is 5.92. The normalized spacial score (nSPS) is 12.8. The van der Waals surface area contributed by atoms with Crippen LogP contribution in [0.4, 0.5) is 5.95 Å². The number of nitrogen functional groups attached to an aromatic ring is 1. The van der Waals surface area contributed by atoms with Crippen molar-refractivity contribution in [2.45, 2.75) is 19.9 Å². The lowest BCUT2D eigenvalue weighted by molar-refractivity contribution is 0.663. The molecule has 2 N–H and O–H groups in total. The first-order valence-corrected chi connectivity index (χ1v) is 7.35. The molecule has 3 nitrogen and oxygen atoms in total. The Bertz CT molecular complexity index is 776. The molecule has 1 atom stereocenters. The molecule has 0 saturated carbocycles. The Hall–Kier alpha value is -1.81. The van der Waals surface area contributed by atoms with E-state index in [1.54, 1.807) is 0 Å². The maximum atomic E-state index is 6.13. The SMILES string of the molecule is Cc1ccccc1C(C)n1c(N)nc2ccc(Br)cc21. The fraction of sp³-hybridized carbons (Fsp3) is 0.188. The van der Waals surface area contributed by atoms with Gasteiger partial charge in [0.15, 0.2) is 0 Å². The molecule has 0 amide bonds. The largest absolute Gasteiger partial charge is 0.369 e. The molecule has 3 aromatic rings. The zero-order valence-electron chi connectivity index (χ0n) is 11.5. The summed E-state index contributed by atoms with van der Waals surface area (Å²) >= 11 is 3.51. The van der Waals surface area contributed by atoms with Crippen LogP contribution in [-0.4, -0.2) is 9.55 Å². The molecule has 0 fully saturated rings. The average Bonchev–Trinajstić information content (AvgIpc) is 2.74. The molecule has 0 bridgehead atoms. The van der Waals surface area contributed by atoms with Crippen LogP contribution < -0.4 is 5.73 Å². The highest BCUT2D eigenvalue weighted by Gasteiger charge is 2.16. The minimum absolute atomic E-state index is 0.149. The highest BCUT2D eigenvalue weighted by atomic mass is 79.9. The summed E-state index contributed by atoms with van der Waals surface area (Å²) in [7, 11) is 0. The number of nitrogens with zero attached hydrogens (tertiary/aromatic N) is 2. The predicted octanol–water partition coefficient (Wildman–Crippen LogP) is 4.30. The molecule has 2 aromatic carbocycles. The van der Waals surface area contributed by atoms with E-state index in [4.69, 9.17) is 5.73 Å². The summed E-state index contributed by atoms with van der Waals surface area (Å²) in [6.45, 7) is 4.28. The van der Waals surface area contributed by atoms with Gasteiger partial charge in [-0.2, -0.15) is 0 Å². The van der Waals surface area contributed by atoms with Gasteiger partial charge in [0.25, 0.3) is 0 Å². The number of hydrogen-bond acceptors (Lipinski definition) is 2. The highest BCUT2D eigenvalue weighted by Crippen LogP contribution is 2.30. The van der Waals surface area contributed by atoms with Crippen LogP contribution in [0, 0.1) is 6.92 Å².